The summed E-state index contributed by atoms with van der Waals surface area (Å²) in [6, 6.07) is 13.9. The Kier molecular flexibility index (Phi) is 5.31. The van der Waals surface area contributed by atoms with Crippen molar-refractivity contribution in [3.63, 3.8) is 0 Å². The minimum atomic E-state index is 0.550. The number of ether oxygens (including phenoxy) is 2. The van der Waals surface area contributed by atoms with Crippen molar-refractivity contribution in [2.45, 2.75) is 0 Å². The van der Waals surface area contributed by atoms with Crippen LogP contribution in [0.2, 0.25) is 0 Å². The van der Waals surface area contributed by atoms with Gasteiger partial charge in [-0.25, -0.2) is 9.97 Å². The van der Waals surface area contributed by atoms with E-state index in [4.69, 9.17) is 20.2 Å². The highest BCUT2D eigenvalue weighted by molar-refractivity contribution is 7.17. The van der Waals surface area contributed by atoms with Crippen LogP contribution in [0.5, 0.6) is 5.75 Å². The Morgan fingerprint density at radius 1 is 1.10 bits per heavy atom. The Bertz CT molecular complexity index is 1200. The average molecular weight is 434 g/mol. The standard InChI is InChI=1S/C23H23N5O2S/c1-29-20-7-2-15(24)12-18(20)19-14-31-21-13-25-23(27-22(19)21)26-16-3-5-17(6-4-16)28-8-10-30-11-9-28/h2-7,12-14H,8-11,24H2,1H3,(H,25,26,27). The molecule has 0 bridgehead atoms. The molecule has 1 aliphatic heterocycles. The van der Waals surface area contributed by atoms with E-state index in [-0.39, 0.29) is 0 Å². The summed E-state index contributed by atoms with van der Waals surface area (Å²) in [5, 5.41) is 5.38. The summed E-state index contributed by atoms with van der Waals surface area (Å²) in [5.41, 5.74) is 11.6. The van der Waals surface area contributed by atoms with Crippen LogP contribution in [-0.4, -0.2) is 43.4 Å². The van der Waals surface area contributed by atoms with E-state index in [1.54, 1.807) is 18.4 Å². The van der Waals surface area contributed by atoms with E-state index in [1.165, 1.54) is 5.69 Å². The molecule has 3 heterocycles. The van der Waals surface area contributed by atoms with Gasteiger partial charge in [0.25, 0.3) is 0 Å². The van der Waals surface area contributed by atoms with Gasteiger partial charge in [0.05, 0.1) is 36.7 Å². The average Bonchev–Trinajstić information content (AvgIpc) is 3.23. The molecule has 0 radical (unpaired) electrons. The van der Waals surface area contributed by atoms with Gasteiger partial charge in [-0.05, 0) is 42.5 Å². The van der Waals surface area contributed by atoms with Crippen molar-refractivity contribution in [3.05, 3.63) is 54.0 Å². The highest BCUT2D eigenvalue weighted by atomic mass is 32.1. The van der Waals surface area contributed by atoms with Crippen LogP contribution in [0.25, 0.3) is 21.3 Å². The predicted molar refractivity (Wildman–Crippen MR) is 127 cm³/mol. The third kappa shape index (κ3) is 3.99. The van der Waals surface area contributed by atoms with Crippen molar-refractivity contribution in [3.8, 4) is 16.9 Å². The van der Waals surface area contributed by atoms with E-state index in [0.717, 1.165) is 59.1 Å². The number of morpholine rings is 1. The largest absolute Gasteiger partial charge is 0.496 e. The first-order chi connectivity index (χ1) is 15.2. The number of thiophene rings is 1. The zero-order chi connectivity index (χ0) is 21.2. The second-order valence-corrected chi connectivity index (χ2v) is 8.20. The van der Waals surface area contributed by atoms with E-state index in [9.17, 15) is 0 Å². The number of rotatable bonds is 5. The number of fused-ring (bicyclic) bond motifs is 1. The maximum absolute atomic E-state index is 6.02. The van der Waals surface area contributed by atoms with Crippen molar-refractivity contribution in [1.29, 1.82) is 0 Å². The number of nitrogen functional groups attached to an aromatic ring is 1. The van der Waals surface area contributed by atoms with Gasteiger partial charge in [-0.2, -0.15) is 0 Å². The van der Waals surface area contributed by atoms with Crippen molar-refractivity contribution < 1.29 is 9.47 Å². The van der Waals surface area contributed by atoms with Crippen LogP contribution in [0.3, 0.4) is 0 Å². The second-order valence-electron chi connectivity index (χ2n) is 7.29. The summed E-state index contributed by atoms with van der Waals surface area (Å²) in [6.45, 7) is 3.38. The summed E-state index contributed by atoms with van der Waals surface area (Å²) >= 11 is 1.60. The molecule has 1 aliphatic rings. The molecule has 1 saturated heterocycles. The Hall–Kier alpha value is -3.36. The molecule has 0 atom stereocenters. The van der Waals surface area contributed by atoms with Gasteiger partial charge < -0.3 is 25.4 Å². The van der Waals surface area contributed by atoms with Crippen LogP contribution in [0, 0.1) is 0 Å². The van der Waals surface area contributed by atoms with E-state index in [1.807, 2.05) is 36.5 Å². The van der Waals surface area contributed by atoms with E-state index in [0.29, 0.717) is 11.6 Å². The SMILES string of the molecule is COc1ccc(N)cc1-c1csc2cnc(Nc3ccc(N4CCOCC4)cc3)nc12. The summed E-state index contributed by atoms with van der Waals surface area (Å²) in [4.78, 5) is 11.6. The first-order valence-corrected chi connectivity index (χ1v) is 11.0. The first kappa shape index (κ1) is 19.6. The number of nitrogens with one attached hydrogen (secondary N) is 1. The van der Waals surface area contributed by atoms with Gasteiger partial charge in [0, 0.05) is 46.7 Å². The summed E-state index contributed by atoms with van der Waals surface area (Å²) in [6.07, 6.45) is 1.85. The quantitative estimate of drug-likeness (QED) is 0.447. The highest BCUT2D eigenvalue weighted by Crippen LogP contribution is 2.39. The number of aromatic nitrogens is 2. The van der Waals surface area contributed by atoms with Crippen LogP contribution in [0.1, 0.15) is 0 Å². The van der Waals surface area contributed by atoms with Crippen molar-refractivity contribution >= 4 is 44.6 Å². The molecule has 3 N–H and O–H groups in total. The van der Waals surface area contributed by atoms with E-state index < -0.39 is 0 Å². The van der Waals surface area contributed by atoms with Gasteiger partial charge in [0.2, 0.25) is 5.95 Å². The lowest BCUT2D eigenvalue weighted by atomic mass is 10.1. The molecule has 5 rings (SSSR count). The number of benzene rings is 2. The van der Waals surface area contributed by atoms with Crippen LogP contribution in [0.15, 0.2) is 54.0 Å². The Balaban J connectivity index is 1.43. The van der Waals surface area contributed by atoms with Crippen molar-refractivity contribution in [2.24, 2.45) is 0 Å². The van der Waals surface area contributed by atoms with E-state index >= 15 is 0 Å². The maximum atomic E-state index is 6.02. The number of anilines is 4. The van der Waals surface area contributed by atoms with Crippen molar-refractivity contribution in [1.82, 2.24) is 9.97 Å². The fourth-order valence-corrected chi connectivity index (χ4v) is 4.59. The van der Waals surface area contributed by atoms with Crippen molar-refractivity contribution in [2.75, 3.05) is 49.4 Å². The molecule has 31 heavy (non-hydrogen) atoms. The van der Waals surface area contributed by atoms with Gasteiger partial charge in [-0.1, -0.05) is 0 Å². The first-order valence-electron chi connectivity index (χ1n) is 10.1. The molecule has 0 aliphatic carbocycles. The minimum Gasteiger partial charge on any atom is -0.496 e. The zero-order valence-corrected chi connectivity index (χ0v) is 18.0. The fourth-order valence-electron chi connectivity index (χ4n) is 3.72. The van der Waals surface area contributed by atoms with Crippen LogP contribution >= 0.6 is 11.3 Å². The van der Waals surface area contributed by atoms with Gasteiger partial charge >= 0.3 is 0 Å². The summed E-state index contributed by atoms with van der Waals surface area (Å²) in [5.74, 6) is 1.31. The van der Waals surface area contributed by atoms with Gasteiger partial charge in [0.1, 0.15) is 5.75 Å². The number of methoxy groups -OCH3 is 1. The molecule has 8 heteroatoms. The molecular formula is C23H23N5O2S. The number of hydrogen-bond acceptors (Lipinski definition) is 8. The Morgan fingerprint density at radius 2 is 1.90 bits per heavy atom. The highest BCUT2D eigenvalue weighted by Gasteiger charge is 2.15. The minimum absolute atomic E-state index is 0.550. The molecular weight excluding hydrogens is 410 g/mol. The third-order valence-electron chi connectivity index (χ3n) is 5.33. The molecule has 0 unspecified atom stereocenters. The molecule has 0 amide bonds. The fraction of sp³-hybridized carbons (Fsp3) is 0.217. The van der Waals surface area contributed by atoms with Gasteiger partial charge in [0.15, 0.2) is 0 Å². The predicted octanol–water partition coefficient (Wildman–Crippen LogP) is 4.53. The molecule has 158 valence electrons. The van der Waals surface area contributed by atoms with Gasteiger partial charge in [-0.15, -0.1) is 11.3 Å². The lowest BCUT2D eigenvalue weighted by molar-refractivity contribution is 0.122. The lowest BCUT2D eigenvalue weighted by Crippen LogP contribution is -2.36. The van der Waals surface area contributed by atoms with Crippen LogP contribution < -0.4 is 20.7 Å². The molecule has 0 saturated carbocycles. The molecule has 4 aromatic rings. The molecule has 2 aromatic carbocycles. The second kappa shape index (κ2) is 8.41. The molecule has 2 aromatic heterocycles. The number of nitrogens with two attached hydrogens (primary N) is 1. The summed E-state index contributed by atoms with van der Waals surface area (Å²) in [7, 11) is 1.66. The maximum Gasteiger partial charge on any atom is 0.227 e. The zero-order valence-electron chi connectivity index (χ0n) is 17.2. The molecule has 0 spiro atoms. The smallest absolute Gasteiger partial charge is 0.227 e. The van der Waals surface area contributed by atoms with Crippen LogP contribution in [0.4, 0.5) is 23.0 Å². The monoisotopic (exact) mass is 433 g/mol. The molecule has 1 fully saturated rings. The van der Waals surface area contributed by atoms with E-state index in [2.05, 4.69) is 32.7 Å². The number of nitrogens with zero attached hydrogens (tertiary/aromatic N) is 3. The molecule has 7 nitrogen and oxygen atoms in total. The van der Waals surface area contributed by atoms with Gasteiger partial charge in [-0.3, -0.25) is 0 Å². The third-order valence-corrected chi connectivity index (χ3v) is 6.23. The Morgan fingerprint density at radius 3 is 2.68 bits per heavy atom. The number of hydrogen-bond donors (Lipinski definition) is 2. The topological polar surface area (TPSA) is 85.5 Å². The summed E-state index contributed by atoms with van der Waals surface area (Å²) < 4.78 is 12.0. The Labute approximate surface area is 184 Å². The van der Waals surface area contributed by atoms with Crippen LogP contribution in [-0.2, 0) is 4.74 Å². The normalized spacial score (nSPS) is 14.0. The lowest BCUT2D eigenvalue weighted by Gasteiger charge is -2.28.